The lowest BCUT2D eigenvalue weighted by Crippen LogP contribution is -2.41. The second kappa shape index (κ2) is 4.99. The van der Waals surface area contributed by atoms with Gasteiger partial charge in [-0.05, 0) is 13.3 Å². The average Bonchev–Trinajstić information content (AvgIpc) is 2.63. The van der Waals surface area contributed by atoms with E-state index in [0.717, 1.165) is 0 Å². The zero-order valence-corrected chi connectivity index (χ0v) is 9.45. The number of primary amides is 1. The maximum atomic E-state index is 11.7. The topological polar surface area (TPSA) is 75.4 Å². The van der Waals surface area contributed by atoms with Crippen LogP contribution in [0.25, 0.3) is 0 Å². The highest BCUT2D eigenvalue weighted by Crippen LogP contribution is 2.29. The predicted molar refractivity (Wildman–Crippen MR) is 60.2 cm³/mol. The lowest BCUT2D eigenvalue weighted by atomic mass is 9.89. The fourth-order valence-corrected chi connectivity index (χ4v) is 1.73. The van der Waals surface area contributed by atoms with E-state index in [9.17, 15) is 9.59 Å². The number of nitrogens with one attached hydrogen (secondary N) is 1. The van der Waals surface area contributed by atoms with E-state index in [0.29, 0.717) is 26.1 Å². The van der Waals surface area contributed by atoms with E-state index in [2.05, 4.69) is 11.2 Å². The standard InChI is InChI=1S/C11H17N3O2/c1-3-5-13-7-9(15)14-6-4-11(2,8-14)10(12)16/h1,13H,4-8H2,2H3,(H2,12,16). The number of hydrogen-bond donors (Lipinski definition) is 2. The van der Waals surface area contributed by atoms with Gasteiger partial charge in [-0.1, -0.05) is 5.92 Å². The number of terminal acetylenes is 1. The summed E-state index contributed by atoms with van der Waals surface area (Å²) in [5.41, 5.74) is 4.72. The molecule has 1 aliphatic heterocycles. The van der Waals surface area contributed by atoms with Gasteiger partial charge in [0.1, 0.15) is 0 Å². The molecule has 1 saturated heterocycles. The number of amides is 2. The van der Waals surface area contributed by atoms with E-state index in [1.807, 2.05) is 0 Å². The first-order valence-corrected chi connectivity index (χ1v) is 5.21. The Morgan fingerprint density at radius 1 is 1.62 bits per heavy atom. The molecule has 0 aliphatic carbocycles. The number of hydrogen-bond acceptors (Lipinski definition) is 3. The minimum atomic E-state index is -0.582. The van der Waals surface area contributed by atoms with Crippen molar-refractivity contribution in [1.29, 1.82) is 0 Å². The third-order valence-electron chi connectivity index (χ3n) is 2.92. The molecule has 1 unspecified atom stereocenters. The largest absolute Gasteiger partial charge is 0.369 e. The molecule has 3 N–H and O–H groups in total. The number of carbonyl (C=O) groups excluding carboxylic acids is 2. The molecular weight excluding hydrogens is 206 g/mol. The van der Waals surface area contributed by atoms with E-state index in [1.165, 1.54) is 0 Å². The van der Waals surface area contributed by atoms with Gasteiger partial charge in [-0.15, -0.1) is 6.42 Å². The molecule has 1 heterocycles. The summed E-state index contributed by atoms with van der Waals surface area (Å²) in [5.74, 6) is 2.00. The summed E-state index contributed by atoms with van der Waals surface area (Å²) in [6, 6.07) is 0. The van der Waals surface area contributed by atoms with Gasteiger partial charge in [0.05, 0.1) is 18.5 Å². The monoisotopic (exact) mass is 223 g/mol. The lowest BCUT2D eigenvalue weighted by Gasteiger charge is -2.21. The molecule has 88 valence electrons. The first-order valence-electron chi connectivity index (χ1n) is 5.21. The fraction of sp³-hybridized carbons (Fsp3) is 0.636. The van der Waals surface area contributed by atoms with Crippen LogP contribution in [-0.2, 0) is 9.59 Å². The Morgan fingerprint density at radius 3 is 2.81 bits per heavy atom. The summed E-state index contributed by atoms with van der Waals surface area (Å²) < 4.78 is 0. The quantitative estimate of drug-likeness (QED) is 0.471. The Balaban J connectivity index is 2.44. The molecule has 0 radical (unpaired) electrons. The maximum Gasteiger partial charge on any atom is 0.236 e. The Labute approximate surface area is 95.4 Å². The van der Waals surface area contributed by atoms with Gasteiger partial charge in [0, 0.05) is 13.1 Å². The summed E-state index contributed by atoms with van der Waals surface area (Å²) in [5, 5.41) is 2.82. The van der Waals surface area contributed by atoms with E-state index in [4.69, 9.17) is 12.2 Å². The van der Waals surface area contributed by atoms with E-state index in [-0.39, 0.29) is 18.4 Å². The molecule has 1 fully saturated rings. The zero-order valence-electron chi connectivity index (χ0n) is 9.45. The SMILES string of the molecule is C#CCNCC(=O)N1CCC(C)(C(N)=O)C1. The van der Waals surface area contributed by atoms with Crippen LogP contribution in [-0.4, -0.2) is 42.9 Å². The Morgan fingerprint density at radius 2 is 2.31 bits per heavy atom. The molecule has 1 aliphatic rings. The highest BCUT2D eigenvalue weighted by atomic mass is 16.2. The first-order chi connectivity index (χ1) is 7.49. The third kappa shape index (κ3) is 2.74. The smallest absolute Gasteiger partial charge is 0.236 e. The third-order valence-corrected chi connectivity index (χ3v) is 2.92. The van der Waals surface area contributed by atoms with Gasteiger partial charge in [-0.3, -0.25) is 14.9 Å². The first kappa shape index (κ1) is 12.5. The molecule has 0 aromatic rings. The summed E-state index contributed by atoms with van der Waals surface area (Å²) >= 11 is 0. The van der Waals surface area contributed by atoms with Crippen molar-refractivity contribution in [2.75, 3.05) is 26.2 Å². The highest BCUT2D eigenvalue weighted by molar-refractivity contribution is 5.84. The molecule has 5 heteroatoms. The van der Waals surface area contributed by atoms with Crippen molar-refractivity contribution in [3.63, 3.8) is 0 Å². The van der Waals surface area contributed by atoms with Crippen molar-refractivity contribution in [3.05, 3.63) is 0 Å². The van der Waals surface area contributed by atoms with Crippen molar-refractivity contribution in [2.45, 2.75) is 13.3 Å². The molecule has 1 atom stereocenters. The van der Waals surface area contributed by atoms with Crippen molar-refractivity contribution in [3.8, 4) is 12.3 Å². The van der Waals surface area contributed by atoms with Gasteiger partial charge in [-0.2, -0.15) is 0 Å². The van der Waals surface area contributed by atoms with Gasteiger partial charge < -0.3 is 10.6 Å². The molecule has 0 spiro atoms. The number of nitrogens with zero attached hydrogens (tertiary/aromatic N) is 1. The molecule has 5 nitrogen and oxygen atoms in total. The van der Waals surface area contributed by atoms with Crippen LogP contribution >= 0.6 is 0 Å². The summed E-state index contributed by atoms with van der Waals surface area (Å²) in [7, 11) is 0. The number of carbonyl (C=O) groups is 2. The van der Waals surface area contributed by atoms with Crippen LogP contribution in [0.3, 0.4) is 0 Å². The van der Waals surface area contributed by atoms with Crippen LogP contribution in [0.15, 0.2) is 0 Å². The zero-order chi connectivity index (χ0) is 12.2. The summed E-state index contributed by atoms with van der Waals surface area (Å²) in [6.45, 7) is 3.35. The Kier molecular flexibility index (Phi) is 3.91. The summed E-state index contributed by atoms with van der Waals surface area (Å²) in [4.78, 5) is 24.5. The van der Waals surface area contributed by atoms with E-state index < -0.39 is 5.41 Å². The second-order valence-corrected chi connectivity index (χ2v) is 4.30. The molecule has 0 aromatic heterocycles. The second-order valence-electron chi connectivity index (χ2n) is 4.30. The van der Waals surface area contributed by atoms with Crippen molar-refractivity contribution in [2.24, 2.45) is 11.1 Å². The highest BCUT2D eigenvalue weighted by Gasteiger charge is 2.40. The van der Waals surface area contributed by atoms with Crippen LogP contribution in [0.4, 0.5) is 0 Å². The minimum Gasteiger partial charge on any atom is -0.369 e. The Hall–Kier alpha value is -1.54. The van der Waals surface area contributed by atoms with Crippen LogP contribution in [0.1, 0.15) is 13.3 Å². The van der Waals surface area contributed by atoms with E-state index >= 15 is 0 Å². The maximum absolute atomic E-state index is 11.7. The minimum absolute atomic E-state index is 0.0415. The lowest BCUT2D eigenvalue weighted by molar-refractivity contribution is -0.130. The number of nitrogens with two attached hydrogens (primary N) is 1. The van der Waals surface area contributed by atoms with Gasteiger partial charge in [-0.25, -0.2) is 0 Å². The molecular formula is C11H17N3O2. The van der Waals surface area contributed by atoms with Crippen molar-refractivity contribution in [1.82, 2.24) is 10.2 Å². The van der Waals surface area contributed by atoms with Gasteiger partial charge in [0.15, 0.2) is 0 Å². The normalized spacial score (nSPS) is 24.1. The van der Waals surface area contributed by atoms with Crippen LogP contribution in [0.5, 0.6) is 0 Å². The van der Waals surface area contributed by atoms with E-state index in [1.54, 1.807) is 11.8 Å². The molecule has 0 aromatic carbocycles. The predicted octanol–water partition coefficient (Wildman–Crippen LogP) is -1.07. The van der Waals surface area contributed by atoms with Gasteiger partial charge >= 0.3 is 0 Å². The van der Waals surface area contributed by atoms with Crippen LogP contribution in [0, 0.1) is 17.8 Å². The van der Waals surface area contributed by atoms with Gasteiger partial charge in [0.25, 0.3) is 0 Å². The molecule has 0 saturated carbocycles. The Bertz CT molecular complexity index is 335. The van der Waals surface area contributed by atoms with Crippen LogP contribution < -0.4 is 11.1 Å². The number of likely N-dealkylation sites (tertiary alicyclic amines) is 1. The molecule has 0 bridgehead atoms. The molecule has 2 amide bonds. The fourth-order valence-electron chi connectivity index (χ4n) is 1.73. The van der Waals surface area contributed by atoms with Crippen LogP contribution in [0.2, 0.25) is 0 Å². The summed E-state index contributed by atoms with van der Waals surface area (Å²) in [6.07, 6.45) is 5.68. The average molecular weight is 223 g/mol. The van der Waals surface area contributed by atoms with Gasteiger partial charge in [0.2, 0.25) is 11.8 Å². The van der Waals surface area contributed by atoms with Crippen molar-refractivity contribution < 1.29 is 9.59 Å². The molecule has 1 rings (SSSR count). The number of rotatable bonds is 4. The molecule has 16 heavy (non-hydrogen) atoms. The van der Waals surface area contributed by atoms with Crippen molar-refractivity contribution >= 4 is 11.8 Å².